The minimum absolute atomic E-state index is 0.513. The number of nitrogens with zero attached hydrogens (tertiary/aromatic N) is 2. The Morgan fingerprint density at radius 2 is 2.00 bits per heavy atom. The van der Waals surface area contributed by atoms with Gasteiger partial charge in [-0.3, -0.25) is 4.98 Å². The van der Waals surface area contributed by atoms with Crippen LogP contribution in [-0.2, 0) is 0 Å². The standard InChI is InChI=1S/C14H23N3/c1-11(2)14-5-4-13(10-16-14)17-8-6-12(15-3)7-9-17/h4-5,10-12,15H,6-9H2,1-3H3. The van der Waals surface area contributed by atoms with Crippen LogP contribution >= 0.6 is 0 Å². The van der Waals surface area contributed by atoms with Crippen LogP contribution in [0.15, 0.2) is 18.3 Å². The van der Waals surface area contributed by atoms with Crippen molar-refractivity contribution in [3.05, 3.63) is 24.0 Å². The first kappa shape index (κ1) is 12.4. The van der Waals surface area contributed by atoms with Crippen LogP contribution in [0.5, 0.6) is 0 Å². The van der Waals surface area contributed by atoms with Gasteiger partial charge in [-0.25, -0.2) is 0 Å². The van der Waals surface area contributed by atoms with Crippen molar-refractivity contribution in [2.75, 3.05) is 25.0 Å². The predicted molar refractivity (Wildman–Crippen MR) is 72.6 cm³/mol. The highest BCUT2D eigenvalue weighted by Crippen LogP contribution is 2.21. The van der Waals surface area contributed by atoms with Crippen molar-refractivity contribution >= 4 is 5.69 Å². The highest BCUT2D eigenvalue weighted by atomic mass is 15.1. The Bertz CT molecular complexity index is 337. The van der Waals surface area contributed by atoms with Gasteiger partial charge in [-0.15, -0.1) is 0 Å². The van der Waals surface area contributed by atoms with Crippen LogP contribution in [0.1, 0.15) is 38.3 Å². The van der Waals surface area contributed by atoms with Crippen LogP contribution in [0.4, 0.5) is 5.69 Å². The van der Waals surface area contributed by atoms with Gasteiger partial charge in [0.05, 0.1) is 11.9 Å². The number of pyridine rings is 1. The van der Waals surface area contributed by atoms with E-state index in [1.807, 2.05) is 6.20 Å². The van der Waals surface area contributed by atoms with E-state index in [4.69, 9.17) is 0 Å². The molecule has 2 heterocycles. The second-order valence-electron chi connectivity index (χ2n) is 5.15. The van der Waals surface area contributed by atoms with E-state index < -0.39 is 0 Å². The molecule has 0 bridgehead atoms. The first-order valence-corrected chi connectivity index (χ1v) is 6.59. The van der Waals surface area contributed by atoms with E-state index in [0.29, 0.717) is 12.0 Å². The van der Waals surface area contributed by atoms with Crippen LogP contribution < -0.4 is 10.2 Å². The molecule has 0 aromatic carbocycles. The number of rotatable bonds is 3. The third kappa shape index (κ3) is 2.97. The van der Waals surface area contributed by atoms with E-state index in [2.05, 4.69) is 48.2 Å². The molecule has 0 aliphatic carbocycles. The lowest BCUT2D eigenvalue weighted by Crippen LogP contribution is -2.41. The number of hydrogen-bond donors (Lipinski definition) is 1. The summed E-state index contributed by atoms with van der Waals surface area (Å²) in [5.74, 6) is 0.513. The minimum atomic E-state index is 0.513. The average Bonchev–Trinajstić information content (AvgIpc) is 2.39. The summed E-state index contributed by atoms with van der Waals surface area (Å²) < 4.78 is 0. The fraction of sp³-hybridized carbons (Fsp3) is 0.643. The minimum Gasteiger partial charge on any atom is -0.370 e. The summed E-state index contributed by atoms with van der Waals surface area (Å²) in [6.07, 6.45) is 4.47. The summed E-state index contributed by atoms with van der Waals surface area (Å²) in [6, 6.07) is 5.06. The van der Waals surface area contributed by atoms with Gasteiger partial charge in [0, 0.05) is 24.8 Å². The maximum Gasteiger partial charge on any atom is 0.0552 e. The molecule has 0 unspecified atom stereocenters. The first-order valence-electron chi connectivity index (χ1n) is 6.59. The fourth-order valence-electron chi connectivity index (χ4n) is 2.35. The highest BCUT2D eigenvalue weighted by Gasteiger charge is 2.18. The van der Waals surface area contributed by atoms with Gasteiger partial charge in [0.15, 0.2) is 0 Å². The van der Waals surface area contributed by atoms with Gasteiger partial charge in [-0.05, 0) is 37.9 Å². The molecule has 3 nitrogen and oxygen atoms in total. The molecule has 0 amide bonds. The Labute approximate surface area is 104 Å². The smallest absolute Gasteiger partial charge is 0.0552 e. The van der Waals surface area contributed by atoms with E-state index in [1.54, 1.807) is 0 Å². The molecule has 1 saturated heterocycles. The molecular weight excluding hydrogens is 210 g/mol. The van der Waals surface area contributed by atoms with Gasteiger partial charge in [-0.1, -0.05) is 13.8 Å². The Morgan fingerprint density at radius 3 is 2.47 bits per heavy atom. The SMILES string of the molecule is CNC1CCN(c2ccc(C(C)C)nc2)CC1. The van der Waals surface area contributed by atoms with Gasteiger partial charge < -0.3 is 10.2 Å². The van der Waals surface area contributed by atoms with E-state index in [0.717, 1.165) is 13.1 Å². The Hall–Kier alpha value is -1.09. The predicted octanol–water partition coefficient (Wildman–Crippen LogP) is 2.39. The monoisotopic (exact) mass is 233 g/mol. The van der Waals surface area contributed by atoms with Gasteiger partial charge in [0.2, 0.25) is 0 Å². The van der Waals surface area contributed by atoms with E-state index in [-0.39, 0.29) is 0 Å². The zero-order valence-electron chi connectivity index (χ0n) is 11.1. The largest absolute Gasteiger partial charge is 0.370 e. The van der Waals surface area contributed by atoms with Crippen LogP contribution in [0.3, 0.4) is 0 Å². The van der Waals surface area contributed by atoms with Crippen molar-refractivity contribution in [2.24, 2.45) is 0 Å². The number of hydrogen-bond acceptors (Lipinski definition) is 3. The molecule has 1 aromatic heterocycles. The molecule has 0 saturated carbocycles. The van der Waals surface area contributed by atoms with Gasteiger partial charge >= 0.3 is 0 Å². The quantitative estimate of drug-likeness (QED) is 0.869. The molecule has 1 fully saturated rings. The van der Waals surface area contributed by atoms with Crippen LogP contribution in [0, 0.1) is 0 Å². The van der Waals surface area contributed by atoms with Crippen LogP contribution in [-0.4, -0.2) is 31.2 Å². The second-order valence-corrected chi connectivity index (χ2v) is 5.15. The van der Waals surface area contributed by atoms with Crippen molar-refractivity contribution in [2.45, 2.75) is 38.6 Å². The lowest BCUT2D eigenvalue weighted by molar-refractivity contribution is 0.442. The third-order valence-electron chi connectivity index (χ3n) is 3.63. The Morgan fingerprint density at radius 1 is 1.29 bits per heavy atom. The summed E-state index contributed by atoms with van der Waals surface area (Å²) in [6.45, 7) is 6.63. The van der Waals surface area contributed by atoms with Crippen molar-refractivity contribution in [3.63, 3.8) is 0 Å². The van der Waals surface area contributed by atoms with Crippen LogP contribution in [0.2, 0.25) is 0 Å². The van der Waals surface area contributed by atoms with Crippen molar-refractivity contribution in [1.29, 1.82) is 0 Å². The number of nitrogens with one attached hydrogen (secondary N) is 1. The topological polar surface area (TPSA) is 28.2 Å². The maximum atomic E-state index is 4.54. The summed E-state index contributed by atoms with van der Waals surface area (Å²) >= 11 is 0. The van der Waals surface area contributed by atoms with Gasteiger partial charge in [0.1, 0.15) is 0 Å². The highest BCUT2D eigenvalue weighted by molar-refractivity contribution is 5.45. The molecule has 3 heteroatoms. The molecule has 1 N–H and O–H groups in total. The number of piperidine rings is 1. The van der Waals surface area contributed by atoms with Gasteiger partial charge in [0.25, 0.3) is 0 Å². The molecule has 2 rings (SSSR count). The molecule has 0 radical (unpaired) electrons. The fourth-order valence-corrected chi connectivity index (χ4v) is 2.35. The van der Waals surface area contributed by atoms with Crippen molar-refractivity contribution < 1.29 is 0 Å². The van der Waals surface area contributed by atoms with Gasteiger partial charge in [-0.2, -0.15) is 0 Å². The van der Waals surface area contributed by atoms with E-state index >= 15 is 0 Å². The summed E-state index contributed by atoms with van der Waals surface area (Å²) in [5.41, 5.74) is 2.45. The molecule has 94 valence electrons. The number of anilines is 1. The molecule has 0 spiro atoms. The molecule has 17 heavy (non-hydrogen) atoms. The summed E-state index contributed by atoms with van der Waals surface area (Å²) in [4.78, 5) is 6.97. The molecule has 1 aromatic rings. The average molecular weight is 233 g/mol. The Balaban J connectivity index is 1.99. The second kappa shape index (κ2) is 5.50. The zero-order valence-corrected chi connectivity index (χ0v) is 11.1. The first-order chi connectivity index (χ1) is 8.20. The van der Waals surface area contributed by atoms with Crippen molar-refractivity contribution in [3.8, 4) is 0 Å². The lowest BCUT2D eigenvalue weighted by atomic mass is 10.0. The maximum absolute atomic E-state index is 4.54. The zero-order chi connectivity index (χ0) is 12.3. The molecular formula is C14H23N3. The molecule has 1 aliphatic rings. The van der Waals surface area contributed by atoms with E-state index in [9.17, 15) is 0 Å². The molecule has 0 atom stereocenters. The normalized spacial score (nSPS) is 17.8. The summed E-state index contributed by atoms with van der Waals surface area (Å²) in [5, 5.41) is 3.36. The van der Waals surface area contributed by atoms with Crippen LogP contribution in [0.25, 0.3) is 0 Å². The molecule has 1 aliphatic heterocycles. The van der Waals surface area contributed by atoms with E-state index in [1.165, 1.54) is 24.2 Å². The lowest BCUT2D eigenvalue weighted by Gasteiger charge is -2.33. The summed E-state index contributed by atoms with van der Waals surface area (Å²) in [7, 11) is 2.05. The Kier molecular flexibility index (Phi) is 4.00. The van der Waals surface area contributed by atoms with Crippen molar-refractivity contribution in [1.82, 2.24) is 10.3 Å². The third-order valence-corrected chi connectivity index (χ3v) is 3.63. The number of aromatic nitrogens is 1.